The molecule has 0 fully saturated rings. The van der Waals surface area contributed by atoms with Crippen LogP contribution in [0.3, 0.4) is 0 Å². The van der Waals surface area contributed by atoms with Crippen molar-refractivity contribution in [2.24, 2.45) is 16.5 Å². The van der Waals surface area contributed by atoms with Gasteiger partial charge in [0.15, 0.2) is 11.1 Å². The normalized spacial score (nSPS) is 13.8. The minimum Gasteiger partial charge on any atom is -0.494 e. The molecule has 0 bridgehead atoms. The van der Waals surface area contributed by atoms with Crippen molar-refractivity contribution in [3.63, 3.8) is 0 Å². The molecule has 1 aromatic carbocycles. The average molecular weight is 382 g/mol. The summed E-state index contributed by atoms with van der Waals surface area (Å²) in [6.45, 7) is 4.28. The Morgan fingerprint density at radius 1 is 1.35 bits per heavy atom. The van der Waals surface area contributed by atoms with E-state index in [1.165, 1.54) is 19.2 Å². The summed E-state index contributed by atoms with van der Waals surface area (Å²) in [4.78, 5) is 16.6. The standard InChI is InChI=1S/C17H26N4O4S/c1-4-6-13(18)15(19)16(20-3)17(22)21-10-11-9-12(26(23)24)7-8-14(11)25-5-2/h7-9H,4-6,10,18-19H2,1-3H3,(H,21,22)(H,23,24). The Morgan fingerprint density at radius 3 is 2.58 bits per heavy atom. The molecule has 1 aromatic rings. The van der Waals surface area contributed by atoms with Crippen LogP contribution in [-0.4, -0.2) is 34.0 Å². The van der Waals surface area contributed by atoms with Gasteiger partial charge >= 0.3 is 0 Å². The largest absolute Gasteiger partial charge is 0.494 e. The molecule has 0 aliphatic rings. The summed E-state index contributed by atoms with van der Waals surface area (Å²) in [7, 11) is 1.46. The zero-order valence-electron chi connectivity index (χ0n) is 15.2. The first-order chi connectivity index (χ1) is 12.3. The topological polar surface area (TPSA) is 140 Å². The number of nitrogens with one attached hydrogen (secondary N) is 1. The van der Waals surface area contributed by atoms with E-state index in [0.717, 1.165) is 6.42 Å². The van der Waals surface area contributed by atoms with Crippen LogP contribution in [-0.2, 0) is 22.4 Å². The molecular formula is C17H26N4O4S. The maximum Gasteiger partial charge on any atom is 0.271 e. The third kappa shape index (κ3) is 5.85. The molecule has 8 nitrogen and oxygen atoms in total. The Morgan fingerprint density at radius 2 is 2.04 bits per heavy atom. The molecule has 0 heterocycles. The van der Waals surface area contributed by atoms with Crippen molar-refractivity contribution in [1.29, 1.82) is 0 Å². The summed E-state index contributed by atoms with van der Waals surface area (Å²) < 4.78 is 26.0. The van der Waals surface area contributed by atoms with Gasteiger partial charge in [-0.1, -0.05) is 13.3 Å². The van der Waals surface area contributed by atoms with Crippen molar-refractivity contribution in [2.75, 3.05) is 13.7 Å². The van der Waals surface area contributed by atoms with Crippen LogP contribution in [0, 0.1) is 0 Å². The zero-order chi connectivity index (χ0) is 19.7. The van der Waals surface area contributed by atoms with E-state index in [1.54, 1.807) is 6.07 Å². The van der Waals surface area contributed by atoms with Gasteiger partial charge in [0.05, 0.1) is 17.2 Å². The van der Waals surface area contributed by atoms with Gasteiger partial charge < -0.3 is 26.1 Å². The molecule has 144 valence electrons. The van der Waals surface area contributed by atoms with Crippen molar-refractivity contribution >= 4 is 22.7 Å². The minimum atomic E-state index is -2.13. The van der Waals surface area contributed by atoms with Crippen LogP contribution in [0.2, 0.25) is 0 Å². The molecule has 6 N–H and O–H groups in total. The van der Waals surface area contributed by atoms with E-state index in [4.69, 9.17) is 16.2 Å². The molecule has 1 atom stereocenters. The molecule has 0 saturated heterocycles. The van der Waals surface area contributed by atoms with Crippen LogP contribution >= 0.6 is 0 Å². The number of allylic oxidation sites excluding steroid dienone is 1. The van der Waals surface area contributed by atoms with Crippen LogP contribution < -0.4 is 21.5 Å². The summed E-state index contributed by atoms with van der Waals surface area (Å²) >= 11 is -2.13. The van der Waals surface area contributed by atoms with E-state index < -0.39 is 17.0 Å². The highest BCUT2D eigenvalue weighted by molar-refractivity contribution is 7.79. The van der Waals surface area contributed by atoms with Gasteiger partial charge in [-0.3, -0.25) is 9.79 Å². The Hall–Kier alpha value is -2.39. The molecule has 1 unspecified atom stereocenters. The van der Waals surface area contributed by atoms with Crippen LogP contribution in [0.4, 0.5) is 0 Å². The lowest BCUT2D eigenvalue weighted by atomic mass is 10.1. The van der Waals surface area contributed by atoms with Gasteiger partial charge in [-0.25, -0.2) is 4.21 Å². The van der Waals surface area contributed by atoms with E-state index in [9.17, 15) is 13.6 Å². The van der Waals surface area contributed by atoms with Gasteiger partial charge in [0.2, 0.25) is 0 Å². The molecule has 0 radical (unpaired) electrons. The number of amides is 1. The second kappa shape index (κ2) is 10.6. The quantitative estimate of drug-likeness (QED) is 0.375. The lowest BCUT2D eigenvalue weighted by Crippen LogP contribution is -2.35. The van der Waals surface area contributed by atoms with E-state index in [0.29, 0.717) is 30.0 Å². The lowest BCUT2D eigenvalue weighted by Gasteiger charge is -2.14. The predicted octanol–water partition coefficient (Wildman–Crippen LogP) is 1.28. The Balaban J connectivity index is 2.99. The first-order valence-corrected chi connectivity index (χ1v) is 9.32. The maximum absolute atomic E-state index is 12.4. The third-order valence-electron chi connectivity index (χ3n) is 3.53. The van der Waals surface area contributed by atoms with Crippen molar-refractivity contribution in [2.45, 2.75) is 38.1 Å². The highest BCUT2D eigenvalue weighted by Crippen LogP contribution is 2.21. The number of aliphatic imine (C=N–C) groups is 1. The Labute approximate surface area is 156 Å². The van der Waals surface area contributed by atoms with Gasteiger partial charge in [0.1, 0.15) is 11.5 Å². The smallest absolute Gasteiger partial charge is 0.271 e. The summed E-state index contributed by atoms with van der Waals surface area (Å²) in [5.74, 6) is 0.0352. The van der Waals surface area contributed by atoms with Crippen LogP contribution in [0.1, 0.15) is 32.3 Å². The molecular weight excluding hydrogens is 356 g/mol. The fourth-order valence-corrected chi connectivity index (χ4v) is 2.69. The molecule has 0 aliphatic carbocycles. The number of hydrogen-bond donors (Lipinski definition) is 4. The molecule has 0 aromatic heterocycles. The first kappa shape index (κ1) is 21.7. The lowest BCUT2D eigenvalue weighted by molar-refractivity contribution is -0.114. The summed E-state index contributed by atoms with van der Waals surface area (Å²) in [6.07, 6.45) is 1.37. The number of rotatable bonds is 9. The predicted molar refractivity (Wildman–Crippen MR) is 102 cm³/mol. The molecule has 26 heavy (non-hydrogen) atoms. The number of nitrogens with zero attached hydrogens (tertiary/aromatic N) is 1. The van der Waals surface area contributed by atoms with Gasteiger partial charge in [-0.2, -0.15) is 0 Å². The molecule has 9 heteroatoms. The summed E-state index contributed by atoms with van der Waals surface area (Å²) in [5.41, 5.74) is 13.0. The third-order valence-corrected chi connectivity index (χ3v) is 4.19. The molecule has 0 aliphatic heterocycles. The SMILES string of the molecule is CCCC(N)=C(N)C(=NC)C(=O)NCc1cc(S(=O)O)ccc1OCC. The van der Waals surface area contributed by atoms with Crippen LogP contribution in [0.25, 0.3) is 0 Å². The Kier molecular flexibility index (Phi) is 8.80. The van der Waals surface area contributed by atoms with E-state index in [1.807, 2.05) is 13.8 Å². The molecule has 0 spiro atoms. The average Bonchev–Trinajstić information content (AvgIpc) is 2.61. The molecule has 1 amide bonds. The first-order valence-electron chi connectivity index (χ1n) is 8.21. The fourth-order valence-electron chi connectivity index (χ4n) is 2.26. The highest BCUT2D eigenvalue weighted by Gasteiger charge is 2.17. The van der Waals surface area contributed by atoms with Crippen molar-refractivity contribution in [1.82, 2.24) is 5.32 Å². The fraction of sp³-hybridized carbons (Fsp3) is 0.412. The maximum atomic E-state index is 12.4. The van der Waals surface area contributed by atoms with Crippen LogP contribution in [0.15, 0.2) is 39.5 Å². The zero-order valence-corrected chi connectivity index (χ0v) is 16.1. The van der Waals surface area contributed by atoms with E-state index in [-0.39, 0.29) is 22.8 Å². The number of ether oxygens (including phenoxy) is 1. The second-order valence-electron chi connectivity index (χ2n) is 5.40. The van der Waals surface area contributed by atoms with Crippen molar-refractivity contribution in [3.8, 4) is 5.75 Å². The van der Waals surface area contributed by atoms with Crippen molar-refractivity contribution < 1.29 is 18.3 Å². The minimum absolute atomic E-state index is 0.0517. The van der Waals surface area contributed by atoms with Gasteiger partial charge in [0.25, 0.3) is 5.91 Å². The van der Waals surface area contributed by atoms with E-state index in [2.05, 4.69) is 10.3 Å². The van der Waals surface area contributed by atoms with Gasteiger partial charge in [-0.15, -0.1) is 0 Å². The highest BCUT2D eigenvalue weighted by atomic mass is 32.2. The number of carbonyl (C=O) groups is 1. The number of nitrogens with two attached hydrogens (primary N) is 2. The van der Waals surface area contributed by atoms with Crippen LogP contribution in [0.5, 0.6) is 5.75 Å². The van der Waals surface area contributed by atoms with Crippen molar-refractivity contribution in [3.05, 3.63) is 35.2 Å². The number of hydrogen-bond acceptors (Lipinski definition) is 6. The molecule has 0 saturated carbocycles. The number of benzene rings is 1. The second-order valence-corrected chi connectivity index (χ2v) is 6.37. The number of carbonyl (C=O) groups excluding carboxylic acids is 1. The van der Waals surface area contributed by atoms with Gasteiger partial charge in [0, 0.05) is 24.9 Å². The van der Waals surface area contributed by atoms with Gasteiger partial charge in [-0.05, 0) is 31.5 Å². The monoisotopic (exact) mass is 382 g/mol. The summed E-state index contributed by atoms with van der Waals surface area (Å²) in [5, 5.41) is 2.69. The Bertz CT molecular complexity index is 731. The van der Waals surface area contributed by atoms with E-state index >= 15 is 0 Å². The summed E-state index contributed by atoms with van der Waals surface area (Å²) in [6, 6.07) is 4.60. The molecule has 1 rings (SSSR count).